The van der Waals surface area contributed by atoms with Gasteiger partial charge in [-0.05, 0) is 46.9 Å². The van der Waals surface area contributed by atoms with E-state index in [9.17, 15) is 8.42 Å². The first-order chi connectivity index (χ1) is 8.50. The molecule has 1 aromatic carbocycles. The number of halogens is 1. The van der Waals surface area contributed by atoms with Crippen LogP contribution in [-0.2, 0) is 16.6 Å². The Hall–Kier alpha value is -0.930. The number of H-pyrrole nitrogens is 1. The molecule has 0 aliphatic rings. The fraction of sp³-hybridized carbons (Fsp3) is 0.182. The normalized spacial score (nSPS) is 11.9. The first kappa shape index (κ1) is 13.5. The van der Waals surface area contributed by atoms with Gasteiger partial charge in [-0.3, -0.25) is 5.10 Å². The van der Waals surface area contributed by atoms with Gasteiger partial charge in [0.2, 0.25) is 10.0 Å². The Labute approximate surface area is 119 Å². The van der Waals surface area contributed by atoms with Crippen molar-refractivity contribution in [3.63, 3.8) is 0 Å². The fourth-order valence-electron chi connectivity index (χ4n) is 1.49. The molecule has 0 saturated heterocycles. The SMILES string of the molecule is CN(Cc1cn[nH]c1)S(=O)(=O)c1ccc(I)cc1. The molecule has 0 radical (unpaired) electrons. The highest BCUT2D eigenvalue weighted by Gasteiger charge is 2.20. The molecule has 18 heavy (non-hydrogen) atoms. The lowest BCUT2D eigenvalue weighted by molar-refractivity contribution is 0.467. The average molecular weight is 377 g/mol. The average Bonchev–Trinajstić information content (AvgIpc) is 2.82. The Kier molecular flexibility index (Phi) is 4.03. The van der Waals surface area contributed by atoms with Crippen LogP contribution < -0.4 is 0 Å². The van der Waals surface area contributed by atoms with E-state index in [1.165, 1.54) is 4.31 Å². The Bertz CT molecular complexity index is 608. The summed E-state index contributed by atoms with van der Waals surface area (Å²) >= 11 is 2.14. The Balaban J connectivity index is 2.22. The van der Waals surface area contributed by atoms with Gasteiger partial charge in [0, 0.05) is 28.9 Å². The number of nitrogens with one attached hydrogen (secondary N) is 1. The van der Waals surface area contributed by atoms with Gasteiger partial charge in [-0.1, -0.05) is 0 Å². The smallest absolute Gasteiger partial charge is 0.243 e. The Morgan fingerprint density at radius 3 is 2.56 bits per heavy atom. The van der Waals surface area contributed by atoms with Gasteiger partial charge in [0.1, 0.15) is 0 Å². The lowest BCUT2D eigenvalue weighted by Gasteiger charge is -2.16. The molecule has 96 valence electrons. The molecule has 0 fully saturated rings. The molecule has 1 aromatic heterocycles. The van der Waals surface area contributed by atoms with Crippen LogP contribution in [0.3, 0.4) is 0 Å². The molecule has 0 atom stereocenters. The first-order valence-corrected chi connectivity index (χ1v) is 7.71. The minimum Gasteiger partial charge on any atom is -0.285 e. The third-order valence-electron chi connectivity index (χ3n) is 2.48. The topological polar surface area (TPSA) is 66.1 Å². The Morgan fingerprint density at radius 2 is 2.00 bits per heavy atom. The Morgan fingerprint density at radius 1 is 1.33 bits per heavy atom. The summed E-state index contributed by atoms with van der Waals surface area (Å²) < 4.78 is 26.8. The molecule has 1 heterocycles. The van der Waals surface area contributed by atoms with Crippen molar-refractivity contribution in [1.82, 2.24) is 14.5 Å². The third kappa shape index (κ3) is 2.90. The summed E-state index contributed by atoms with van der Waals surface area (Å²) in [6.07, 6.45) is 3.29. The summed E-state index contributed by atoms with van der Waals surface area (Å²) in [6, 6.07) is 6.78. The number of hydrogen-bond donors (Lipinski definition) is 1. The van der Waals surface area contributed by atoms with Crippen molar-refractivity contribution in [2.75, 3.05) is 7.05 Å². The highest BCUT2D eigenvalue weighted by molar-refractivity contribution is 14.1. The van der Waals surface area contributed by atoms with E-state index in [0.717, 1.165) is 9.13 Å². The molecule has 2 aromatic rings. The van der Waals surface area contributed by atoms with E-state index in [2.05, 4.69) is 32.8 Å². The molecule has 2 rings (SSSR count). The van der Waals surface area contributed by atoms with Crippen LogP contribution in [0, 0.1) is 3.57 Å². The van der Waals surface area contributed by atoms with Gasteiger partial charge in [-0.25, -0.2) is 8.42 Å². The maximum atomic E-state index is 12.3. The number of nitrogens with zero attached hydrogens (tertiary/aromatic N) is 2. The lowest BCUT2D eigenvalue weighted by atomic mass is 10.4. The maximum Gasteiger partial charge on any atom is 0.243 e. The van der Waals surface area contributed by atoms with Gasteiger partial charge in [0.05, 0.1) is 11.1 Å². The molecule has 7 heteroatoms. The first-order valence-electron chi connectivity index (χ1n) is 5.20. The van der Waals surface area contributed by atoms with E-state index in [0.29, 0.717) is 11.4 Å². The van der Waals surface area contributed by atoms with E-state index in [4.69, 9.17) is 0 Å². The van der Waals surface area contributed by atoms with Crippen molar-refractivity contribution in [2.24, 2.45) is 0 Å². The number of hydrogen-bond acceptors (Lipinski definition) is 3. The van der Waals surface area contributed by atoms with Gasteiger partial charge in [-0.15, -0.1) is 0 Å². The van der Waals surface area contributed by atoms with Crippen molar-refractivity contribution in [2.45, 2.75) is 11.4 Å². The second-order valence-corrected chi connectivity index (χ2v) is 7.11. The van der Waals surface area contributed by atoms with Crippen molar-refractivity contribution in [1.29, 1.82) is 0 Å². The van der Waals surface area contributed by atoms with E-state index < -0.39 is 10.0 Å². The molecule has 0 amide bonds. The second-order valence-electron chi connectivity index (χ2n) is 3.82. The molecule has 0 aliphatic carbocycles. The monoisotopic (exact) mass is 377 g/mol. The molecule has 1 N–H and O–H groups in total. The molecular formula is C11H12IN3O2S. The maximum absolute atomic E-state index is 12.3. The summed E-state index contributed by atoms with van der Waals surface area (Å²) in [5.74, 6) is 0. The lowest BCUT2D eigenvalue weighted by Crippen LogP contribution is -2.26. The van der Waals surface area contributed by atoms with Crippen molar-refractivity contribution < 1.29 is 8.42 Å². The molecule has 0 unspecified atom stereocenters. The summed E-state index contributed by atoms with van der Waals surface area (Å²) in [7, 11) is -1.89. The fourth-order valence-corrected chi connectivity index (χ4v) is 3.01. The van der Waals surface area contributed by atoms with Gasteiger partial charge in [-0.2, -0.15) is 9.40 Å². The van der Waals surface area contributed by atoms with Gasteiger partial charge in [0.15, 0.2) is 0 Å². The number of rotatable bonds is 4. The summed E-state index contributed by atoms with van der Waals surface area (Å²) in [4.78, 5) is 0.300. The standard InChI is InChI=1S/C11H12IN3O2S/c1-15(8-9-6-13-14-7-9)18(16,17)11-4-2-10(12)3-5-11/h2-7H,8H2,1H3,(H,13,14). The van der Waals surface area contributed by atoms with Crippen LogP contribution in [0.5, 0.6) is 0 Å². The predicted octanol–water partition coefficient (Wildman–Crippen LogP) is 1.83. The molecule has 0 spiro atoms. The van der Waals surface area contributed by atoms with E-state index >= 15 is 0 Å². The number of aromatic amines is 1. The summed E-state index contributed by atoms with van der Waals surface area (Å²) in [5, 5.41) is 6.46. The minimum absolute atomic E-state index is 0.296. The highest BCUT2D eigenvalue weighted by atomic mass is 127. The summed E-state index contributed by atoms with van der Waals surface area (Å²) in [5.41, 5.74) is 0.826. The molecule has 0 saturated carbocycles. The number of benzene rings is 1. The molecule has 0 aliphatic heterocycles. The zero-order chi connectivity index (χ0) is 13.2. The van der Waals surface area contributed by atoms with E-state index in [1.54, 1.807) is 43.7 Å². The molecular weight excluding hydrogens is 365 g/mol. The van der Waals surface area contributed by atoms with Crippen molar-refractivity contribution in [3.05, 3.63) is 45.8 Å². The quantitative estimate of drug-likeness (QED) is 0.827. The van der Waals surface area contributed by atoms with Crippen LogP contribution in [0.15, 0.2) is 41.6 Å². The zero-order valence-electron chi connectivity index (χ0n) is 9.67. The van der Waals surface area contributed by atoms with Gasteiger partial charge >= 0.3 is 0 Å². The minimum atomic E-state index is -3.44. The second kappa shape index (κ2) is 5.37. The molecule has 5 nitrogen and oxygen atoms in total. The van der Waals surface area contributed by atoms with E-state index in [1.807, 2.05) is 0 Å². The van der Waals surface area contributed by atoms with Crippen LogP contribution in [0.25, 0.3) is 0 Å². The largest absolute Gasteiger partial charge is 0.285 e. The number of aromatic nitrogens is 2. The van der Waals surface area contributed by atoms with Gasteiger partial charge < -0.3 is 0 Å². The van der Waals surface area contributed by atoms with Crippen LogP contribution in [0.1, 0.15) is 5.56 Å². The van der Waals surface area contributed by atoms with Crippen LogP contribution >= 0.6 is 22.6 Å². The van der Waals surface area contributed by atoms with Crippen LogP contribution in [0.2, 0.25) is 0 Å². The number of sulfonamides is 1. The van der Waals surface area contributed by atoms with Crippen LogP contribution in [-0.4, -0.2) is 30.0 Å². The highest BCUT2D eigenvalue weighted by Crippen LogP contribution is 2.17. The zero-order valence-corrected chi connectivity index (χ0v) is 12.6. The van der Waals surface area contributed by atoms with Crippen molar-refractivity contribution in [3.8, 4) is 0 Å². The van der Waals surface area contributed by atoms with Crippen molar-refractivity contribution >= 4 is 32.6 Å². The van der Waals surface area contributed by atoms with Crippen LogP contribution in [0.4, 0.5) is 0 Å². The predicted molar refractivity (Wildman–Crippen MR) is 76.4 cm³/mol. The molecule has 0 bridgehead atoms. The van der Waals surface area contributed by atoms with Gasteiger partial charge in [0.25, 0.3) is 0 Å². The third-order valence-corrected chi connectivity index (χ3v) is 5.02. The summed E-state index contributed by atoms with van der Waals surface area (Å²) in [6.45, 7) is 0.296. The van der Waals surface area contributed by atoms with E-state index in [-0.39, 0.29) is 0 Å².